The highest BCUT2D eigenvalue weighted by atomic mass is 32.1. The molecule has 1 fully saturated rings. The molecular formula is C20H27N3O3S. The summed E-state index contributed by atoms with van der Waals surface area (Å²) in [6, 6.07) is 6.01. The van der Waals surface area contributed by atoms with Crippen molar-refractivity contribution in [2.24, 2.45) is 0 Å². The van der Waals surface area contributed by atoms with Crippen LogP contribution in [-0.4, -0.2) is 52.5 Å². The zero-order valence-electron chi connectivity index (χ0n) is 15.9. The minimum atomic E-state index is -0.127. The smallest absolute Gasteiger partial charge is 0.253 e. The SMILES string of the molecule is Cc1cc(C)c2cc(CN(CCO)C(=S)NC[C@@H]3CCCO3)c(=O)[nH]c2c1. The van der Waals surface area contributed by atoms with Crippen LogP contribution < -0.4 is 10.9 Å². The highest BCUT2D eigenvalue weighted by molar-refractivity contribution is 7.80. The number of aliphatic hydroxyl groups excluding tert-OH is 1. The van der Waals surface area contributed by atoms with E-state index in [0.29, 0.717) is 30.3 Å². The van der Waals surface area contributed by atoms with Gasteiger partial charge in [0, 0.05) is 36.2 Å². The predicted octanol–water partition coefficient (Wildman–Crippen LogP) is 1.99. The van der Waals surface area contributed by atoms with Gasteiger partial charge in [-0.25, -0.2) is 0 Å². The van der Waals surface area contributed by atoms with E-state index in [1.165, 1.54) is 0 Å². The molecule has 2 aromatic rings. The Bertz CT molecular complexity index is 875. The molecule has 1 aromatic heterocycles. The van der Waals surface area contributed by atoms with Crippen molar-refractivity contribution in [3.63, 3.8) is 0 Å². The van der Waals surface area contributed by atoms with Gasteiger partial charge in [-0.1, -0.05) is 6.07 Å². The van der Waals surface area contributed by atoms with E-state index in [1.54, 1.807) is 0 Å². The Morgan fingerprint density at radius 1 is 1.41 bits per heavy atom. The van der Waals surface area contributed by atoms with Crippen LogP contribution in [0.15, 0.2) is 23.0 Å². The Morgan fingerprint density at radius 2 is 2.22 bits per heavy atom. The van der Waals surface area contributed by atoms with Crippen LogP contribution in [0.1, 0.15) is 29.5 Å². The van der Waals surface area contributed by atoms with Gasteiger partial charge in [-0.15, -0.1) is 0 Å². The van der Waals surface area contributed by atoms with Crippen LogP contribution in [0.25, 0.3) is 10.9 Å². The molecular weight excluding hydrogens is 362 g/mol. The second-order valence-electron chi connectivity index (χ2n) is 7.13. The minimum absolute atomic E-state index is 0.0363. The molecule has 1 aliphatic rings. The first kappa shape index (κ1) is 19.8. The Balaban J connectivity index is 1.77. The number of nitrogens with zero attached hydrogens (tertiary/aromatic N) is 1. The molecule has 0 bridgehead atoms. The molecule has 3 rings (SSSR count). The topological polar surface area (TPSA) is 77.6 Å². The number of hydrogen-bond donors (Lipinski definition) is 3. The number of aromatic nitrogens is 1. The largest absolute Gasteiger partial charge is 0.395 e. The van der Waals surface area contributed by atoms with Gasteiger partial charge >= 0.3 is 0 Å². The molecule has 1 saturated heterocycles. The zero-order chi connectivity index (χ0) is 19.4. The third-order valence-electron chi connectivity index (χ3n) is 4.91. The molecule has 146 valence electrons. The van der Waals surface area contributed by atoms with Gasteiger partial charge in [-0.05, 0) is 62.2 Å². The summed E-state index contributed by atoms with van der Waals surface area (Å²) >= 11 is 5.49. The number of aryl methyl sites for hydroxylation is 2. The van der Waals surface area contributed by atoms with Crippen molar-refractivity contribution in [3.8, 4) is 0 Å². The number of ether oxygens (including phenoxy) is 1. The van der Waals surface area contributed by atoms with Crippen LogP contribution in [0.3, 0.4) is 0 Å². The summed E-state index contributed by atoms with van der Waals surface area (Å²) in [6.07, 6.45) is 2.28. The number of H-pyrrole nitrogens is 1. The summed E-state index contributed by atoms with van der Waals surface area (Å²) in [4.78, 5) is 17.4. The lowest BCUT2D eigenvalue weighted by atomic mass is 10.0. The van der Waals surface area contributed by atoms with Crippen molar-refractivity contribution in [1.82, 2.24) is 15.2 Å². The van der Waals surface area contributed by atoms with Crippen LogP contribution in [0.2, 0.25) is 0 Å². The molecule has 27 heavy (non-hydrogen) atoms. The molecule has 0 saturated carbocycles. The van der Waals surface area contributed by atoms with E-state index in [9.17, 15) is 9.90 Å². The third kappa shape index (κ3) is 4.86. The maximum absolute atomic E-state index is 12.6. The normalized spacial score (nSPS) is 16.6. The first-order chi connectivity index (χ1) is 13.0. The van der Waals surface area contributed by atoms with E-state index < -0.39 is 0 Å². The lowest BCUT2D eigenvalue weighted by Crippen LogP contribution is -2.44. The summed E-state index contributed by atoms with van der Waals surface area (Å²) in [6.45, 7) is 6.16. The molecule has 0 amide bonds. The number of pyridine rings is 1. The van der Waals surface area contributed by atoms with Gasteiger partial charge < -0.3 is 25.0 Å². The highest BCUT2D eigenvalue weighted by Gasteiger charge is 2.18. The number of aliphatic hydroxyl groups is 1. The summed E-state index contributed by atoms with van der Waals surface area (Å²) < 4.78 is 5.61. The van der Waals surface area contributed by atoms with Crippen molar-refractivity contribution in [2.45, 2.75) is 39.3 Å². The van der Waals surface area contributed by atoms with Crippen molar-refractivity contribution in [3.05, 3.63) is 45.2 Å². The molecule has 0 radical (unpaired) electrons. The first-order valence-electron chi connectivity index (χ1n) is 9.36. The zero-order valence-corrected chi connectivity index (χ0v) is 16.7. The van der Waals surface area contributed by atoms with Crippen molar-refractivity contribution >= 4 is 28.2 Å². The predicted molar refractivity (Wildman–Crippen MR) is 111 cm³/mol. The van der Waals surface area contributed by atoms with Crippen LogP contribution >= 0.6 is 12.2 Å². The molecule has 2 heterocycles. The monoisotopic (exact) mass is 389 g/mol. The second-order valence-corrected chi connectivity index (χ2v) is 7.52. The molecule has 0 unspecified atom stereocenters. The maximum Gasteiger partial charge on any atom is 0.253 e. The number of thiocarbonyl (C=S) groups is 1. The molecule has 1 aliphatic heterocycles. The summed E-state index contributed by atoms with van der Waals surface area (Å²) in [5.74, 6) is 0. The Morgan fingerprint density at radius 3 is 2.93 bits per heavy atom. The van der Waals surface area contributed by atoms with Gasteiger partial charge in [-0.2, -0.15) is 0 Å². The number of nitrogens with one attached hydrogen (secondary N) is 2. The number of aromatic amines is 1. The quantitative estimate of drug-likeness (QED) is 0.656. The van der Waals surface area contributed by atoms with Crippen LogP contribution in [0.4, 0.5) is 0 Å². The first-order valence-corrected chi connectivity index (χ1v) is 9.77. The molecule has 1 atom stereocenters. The Hall–Kier alpha value is -1.96. The Labute approximate surface area is 164 Å². The fourth-order valence-electron chi connectivity index (χ4n) is 3.53. The lowest BCUT2D eigenvalue weighted by Gasteiger charge is -2.26. The fraction of sp³-hybridized carbons (Fsp3) is 0.500. The fourth-order valence-corrected chi connectivity index (χ4v) is 3.77. The van der Waals surface area contributed by atoms with E-state index in [-0.39, 0.29) is 18.3 Å². The van der Waals surface area contributed by atoms with Gasteiger partial charge in [0.1, 0.15) is 0 Å². The van der Waals surface area contributed by atoms with Gasteiger partial charge in [0.25, 0.3) is 5.56 Å². The molecule has 7 heteroatoms. The average molecular weight is 390 g/mol. The minimum Gasteiger partial charge on any atom is -0.395 e. The summed E-state index contributed by atoms with van der Waals surface area (Å²) in [5.41, 5.74) is 3.58. The van der Waals surface area contributed by atoms with Crippen molar-refractivity contribution in [1.29, 1.82) is 0 Å². The van der Waals surface area contributed by atoms with Crippen molar-refractivity contribution < 1.29 is 9.84 Å². The second kappa shape index (κ2) is 8.82. The highest BCUT2D eigenvalue weighted by Crippen LogP contribution is 2.19. The molecule has 1 aromatic carbocycles. The van der Waals surface area contributed by atoms with Crippen molar-refractivity contribution in [2.75, 3.05) is 26.3 Å². The average Bonchev–Trinajstić information content (AvgIpc) is 3.13. The molecule has 0 spiro atoms. The van der Waals surface area contributed by atoms with E-state index in [2.05, 4.69) is 16.4 Å². The van der Waals surface area contributed by atoms with E-state index in [1.807, 2.05) is 30.9 Å². The van der Waals surface area contributed by atoms with E-state index in [4.69, 9.17) is 17.0 Å². The van der Waals surface area contributed by atoms with Gasteiger partial charge in [0.05, 0.1) is 19.3 Å². The molecule has 0 aliphatic carbocycles. The van der Waals surface area contributed by atoms with E-state index in [0.717, 1.165) is 41.5 Å². The van der Waals surface area contributed by atoms with Gasteiger partial charge in [0.2, 0.25) is 0 Å². The lowest BCUT2D eigenvalue weighted by molar-refractivity contribution is 0.113. The molecule has 3 N–H and O–H groups in total. The Kier molecular flexibility index (Phi) is 6.46. The van der Waals surface area contributed by atoms with Gasteiger partial charge in [0.15, 0.2) is 5.11 Å². The standard InChI is InChI=1S/C20H27N3O3S/c1-13-8-14(2)17-10-15(19(25)22-18(17)9-13)12-23(5-6-24)20(27)21-11-16-4-3-7-26-16/h8-10,16,24H,3-7,11-12H2,1-2H3,(H,21,27)(H,22,25)/t16-/m0/s1. The summed E-state index contributed by atoms with van der Waals surface area (Å²) in [7, 11) is 0. The maximum atomic E-state index is 12.6. The van der Waals surface area contributed by atoms with Crippen LogP contribution in [-0.2, 0) is 11.3 Å². The summed E-state index contributed by atoms with van der Waals surface area (Å²) in [5, 5.41) is 14.2. The third-order valence-corrected chi connectivity index (χ3v) is 5.32. The number of fused-ring (bicyclic) bond motifs is 1. The van der Waals surface area contributed by atoms with E-state index >= 15 is 0 Å². The van der Waals surface area contributed by atoms with Crippen LogP contribution in [0.5, 0.6) is 0 Å². The van der Waals surface area contributed by atoms with Gasteiger partial charge in [-0.3, -0.25) is 4.79 Å². The number of rotatable bonds is 6. The van der Waals surface area contributed by atoms with Crippen LogP contribution in [0, 0.1) is 13.8 Å². The number of hydrogen-bond acceptors (Lipinski definition) is 4. The number of benzene rings is 1. The molecule has 6 nitrogen and oxygen atoms in total.